The van der Waals surface area contributed by atoms with Gasteiger partial charge in [-0.1, -0.05) is 6.07 Å². The van der Waals surface area contributed by atoms with Crippen LogP contribution < -0.4 is 5.32 Å². The van der Waals surface area contributed by atoms with Crippen LogP contribution in [0.3, 0.4) is 0 Å². The monoisotopic (exact) mass is 226 g/mol. The molecule has 0 bridgehead atoms. The van der Waals surface area contributed by atoms with E-state index in [2.05, 4.69) is 10.3 Å². The van der Waals surface area contributed by atoms with Gasteiger partial charge in [-0.05, 0) is 12.1 Å². The van der Waals surface area contributed by atoms with E-state index in [1.807, 2.05) is 5.38 Å². The number of halogens is 2. The van der Waals surface area contributed by atoms with Crippen molar-refractivity contribution < 1.29 is 8.78 Å². The molecule has 0 aliphatic rings. The summed E-state index contributed by atoms with van der Waals surface area (Å²) in [6.07, 6.45) is 0. The molecule has 0 fully saturated rings. The lowest BCUT2D eigenvalue weighted by Gasteiger charge is -2.06. The van der Waals surface area contributed by atoms with Crippen molar-refractivity contribution in [3.05, 3.63) is 46.4 Å². The lowest BCUT2D eigenvalue weighted by Crippen LogP contribution is -2.03. The van der Waals surface area contributed by atoms with Gasteiger partial charge >= 0.3 is 0 Å². The Balaban J connectivity index is 2.11. The fraction of sp³-hybridized carbons (Fsp3) is 0.100. The molecule has 15 heavy (non-hydrogen) atoms. The van der Waals surface area contributed by atoms with Crippen LogP contribution in [0, 0.1) is 11.6 Å². The van der Waals surface area contributed by atoms with Gasteiger partial charge in [-0.15, -0.1) is 11.3 Å². The van der Waals surface area contributed by atoms with E-state index in [0.717, 1.165) is 5.69 Å². The van der Waals surface area contributed by atoms with Crippen molar-refractivity contribution in [2.75, 3.05) is 5.32 Å². The molecule has 1 aromatic heterocycles. The zero-order chi connectivity index (χ0) is 10.7. The first kappa shape index (κ1) is 10.0. The van der Waals surface area contributed by atoms with Gasteiger partial charge in [0.25, 0.3) is 0 Å². The molecule has 0 aliphatic heterocycles. The molecule has 2 aromatic rings. The van der Waals surface area contributed by atoms with Crippen LogP contribution in [0.5, 0.6) is 0 Å². The van der Waals surface area contributed by atoms with Gasteiger partial charge in [0.1, 0.15) is 17.3 Å². The second-order valence-electron chi connectivity index (χ2n) is 2.93. The molecule has 0 radical (unpaired) electrons. The Labute approximate surface area is 89.6 Å². The number of hydrogen-bond donors (Lipinski definition) is 1. The summed E-state index contributed by atoms with van der Waals surface area (Å²) in [6.45, 7) is 0.321. The van der Waals surface area contributed by atoms with Gasteiger partial charge in [0.15, 0.2) is 0 Å². The Bertz CT molecular complexity index is 422. The molecule has 0 saturated carbocycles. The fourth-order valence-corrected chi connectivity index (χ4v) is 1.73. The molecule has 0 spiro atoms. The van der Waals surface area contributed by atoms with Crippen molar-refractivity contribution in [3.8, 4) is 0 Å². The van der Waals surface area contributed by atoms with Gasteiger partial charge in [-0.25, -0.2) is 13.8 Å². The van der Waals surface area contributed by atoms with Crippen molar-refractivity contribution >= 4 is 17.0 Å². The predicted molar refractivity (Wildman–Crippen MR) is 55.8 cm³/mol. The summed E-state index contributed by atoms with van der Waals surface area (Å²) in [5.74, 6) is -1.18. The van der Waals surface area contributed by atoms with Crippen LogP contribution >= 0.6 is 11.3 Å². The summed E-state index contributed by atoms with van der Waals surface area (Å²) in [6, 6.07) is 3.76. The molecule has 0 atom stereocenters. The van der Waals surface area contributed by atoms with E-state index in [0.29, 0.717) is 6.54 Å². The molecule has 0 amide bonds. The minimum absolute atomic E-state index is 0.106. The van der Waals surface area contributed by atoms with Crippen LogP contribution in [-0.4, -0.2) is 4.98 Å². The molecule has 0 aliphatic carbocycles. The van der Waals surface area contributed by atoms with Crippen LogP contribution in [0.25, 0.3) is 0 Å². The lowest BCUT2D eigenvalue weighted by atomic mass is 10.3. The predicted octanol–water partition coefficient (Wildman–Crippen LogP) is 3.03. The van der Waals surface area contributed by atoms with E-state index < -0.39 is 11.6 Å². The molecular weight excluding hydrogens is 218 g/mol. The van der Waals surface area contributed by atoms with Crippen LogP contribution in [0.1, 0.15) is 5.69 Å². The number of thiazole rings is 1. The Hall–Kier alpha value is -1.49. The highest BCUT2D eigenvalue weighted by molar-refractivity contribution is 7.07. The second-order valence-corrected chi connectivity index (χ2v) is 3.65. The number of hydrogen-bond acceptors (Lipinski definition) is 3. The van der Waals surface area contributed by atoms with Crippen molar-refractivity contribution in [2.45, 2.75) is 6.54 Å². The maximum Gasteiger partial charge on any atom is 0.149 e. The molecule has 2 rings (SSSR count). The highest BCUT2D eigenvalue weighted by Crippen LogP contribution is 2.18. The molecule has 78 valence electrons. The molecule has 0 unspecified atom stereocenters. The number of nitrogens with one attached hydrogen (secondary N) is 1. The Kier molecular flexibility index (Phi) is 2.91. The summed E-state index contributed by atoms with van der Waals surface area (Å²) in [5.41, 5.74) is 2.34. The van der Waals surface area contributed by atoms with E-state index in [9.17, 15) is 8.78 Å². The number of anilines is 1. The van der Waals surface area contributed by atoms with Crippen molar-refractivity contribution in [2.24, 2.45) is 0 Å². The summed E-state index contributed by atoms with van der Waals surface area (Å²) in [4.78, 5) is 4.00. The highest BCUT2D eigenvalue weighted by Gasteiger charge is 2.07. The van der Waals surface area contributed by atoms with Gasteiger partial charge in [0, 0.05) is 5.38 Å². The zero-order valence-corrected chi connectivity index (χ0v) is 8.52. The van der Waals surface area contributed by atoms with Gasteiger partial charge in [-0.3, -0.25) is 0 Å². The quantitative estimate of drug-likeness (QED) is 0.870. The third-order valence-corrected chi connectivity index (χ3v) is 2.53. The average Bonchev–Trinajstić information content (AvgIpc) is 2.70. The summed E-state index contributed by atoms with van der Waals surface area (Å²) >= 11 is 1.44. The standard InChI is InChI=1S/C10H8F2N2S/c11-8-2-1-3-9(12)10(8)13-4-7-5-15-6-14-7/h1-3,5-6,13H,4H2. The van der Waals surface area contributed by atoms with E-state index in [1.54, 1.807) is 5.51 Å². The van der Waals surface area contributed by atoms with Crippen molar-refractivity contribution in [1.29, 1.82) is 0 Å². The van der Waals surface area contributed by atoms with Gasteiger partial charge in [-0.2, -0.15) is 0 Å². The average molecular weight is 226 g/mol. The number of rotatable bonds is 3. The molecule has 1 aromatic carbocycles. The number of nitrogens with zero attached hydrogens (tertiary/aromatic N) is 1. The zero-order valence-electron chi connectivity index (χ0n) is 7.71. The van der Waals surface area contributed by atoms with Gasteiger partial charge in [0.2, 0.25) is 0 Å². The van der Waals surface area contributed by atoms with Crippen molar-refractivity contribution in [1.82, 2.24) is 4.98 Å². The van der Waals surface area contributed by atoms with Crippen LogP contribution in [0.15, 0.2) is 29.1 Å². The first-order chi connectivity index (χ1) is 7.27. The van der Waals surface area contributed by atoms with E-state index in [1.165, 1.54) is 29.5 Å². The molecule has 0 saturated heterocycles. The minimum atomic E-state index is -0.592. The molecule has 5 heteroatoms. The lowest BCUT2D eigenvalue weighted by molar-refractivity contribution is 0.588. The second kappa shape index (κ2) is 4.35. The number of aromatic nitrogens is 1. The van der Waals surface area contributed by atoms with E-state index in [4.69, 9.17) is 0 Å². The summed E-state index contributed by atoms with van der Waals surface area (Å²) in [7, 11) is 0. The Morgan fingerprint density at radius 3 is 2.60 bits per heavy atom. The first-order valence-electron chi connectivity index (χ1n) is 4.32. The number of benzene rings is 1. The van der Waals surface area contributed by atoms with Gasteiger partial charge in [0.05, 0.1) is 17.7 Å². The Morgan fingerprint density at radius 1 is 1.27 bits per heavy atom. The molecular formula is C10H8F2N2S. The Morgan fingerprint density at radius 2 is 2.00 bits per heavy atom. The first-order valence-corrected chi connectivity index (χ1v) is 5.26. The fourth-order valence-electron chi connectivity index (χ4n) is 1.17. The minimum Gasteiger partial charge on any atom is -0.375 e. The van der Waals surface area contributed by atoms with Crippen molar-refractivity contribution in [3.63, 3.8) is 0 Å². The smallest absolute Gasteiger partial charge is 0.149 e. The summed E-state index contributed by atoms with van der Waals surface area (Å²) in [5, 5.41) is 4.50. The van der Waals surface area contributed by atoms with E-state index >= 15 is 0 Å². The van der Waals surface area contributed by atoms with Crippen LogP contribution in [0.4, 0.5) is 14.5 Å². The molecule has 1 heterocycles. The SMILES string of the molecule is Fc1cccc(F)c1NCc1cscn1. The third-order valence-electron chi connectivity index (χ3n) is 1.89. The van der Waals surface area contributed by atoms with Gasteiger partial charge < -0.3 is 5.32 Å². The molecule has 1 N–H and O–H groups in total. The largest absolute Gasteiger partial charge is 0.375 e. The van der Waals surface area contributed by atoms with E-state index in [-0.39, 0.29) is 5.69 Å². The molecule has 2 nitrogen and oxygen atoms in total. The highest BCUT2D eigenvalue weighted by atomic mass is 32.1. The maximum absolute atomic E-state index is 13.2. The third kappa shape index (κ3) is 2.30. The normalized spacial score (nSPS) is 10.3. The number of para-hydroxylation sites is 1. The van der Waals surface area contributed by atoms with Crippen LogP contribution in [0.2, 0.25) is 0 Å². The maximum atomic E-state index is 13.2. The topological polar surface area (TPSA) is 24.9 Å². The summed E-state index contributed by atoms with van der Waals surface area (Å²) < 4.78 is 26.3. The van der Waals surface area contributed by atoms with Crippen LogP contribution in [-0.2, 0) is 6.54 Å².